The molecule has 0 saturated heterocycles. The molecule has 0 fully saturated rings. The third kappa shape index (κ3) is 15.6. The summed E-state index contributed by atoms with van der Waals surface area (Å²) >= 11 is 8.94. The fraction of sp³-hybridized carbons (Fsp3) is 0.696. The van der Waals surface area contributed by atoms with E-state index in [0.717, 1.165) is 17.6 Å². The van der Waals surface area contributed by atoms with Gasteiger partial charge >= 0.3 is 0 Å². The minimum atomic E-state index is -0.401. The molecule has 5 heteroatoms. The van der Waals surface area contributed by atoms with Crippen LogP contribution in [0.4, 0.5) is 5.69 Å². The van der Waals surface area contributed by atoms with Crippen LogP contribution in [-0.2, 0) is 0 Å². The van der Waals surface area contributed by atoms with Gasteiger partial charge in [-0.15, -0.1) is 12.4 Å². The van der Waals surface area contributed by atoms with Gasteiger partial charge in [-0.05, 0) is 48.7 Å². The smallest absolute Gasteiger partial charge is 0.252 e. The molecule has 0 spiro atoms. The third-order valence-corrected chi connectivity index (χ3v) is 5.78. The Balaban J connectivity index is 0.00000729. The second-order valence-electron chi connectivity index (χ2n) is 7.42. The van der Waals surface area contributed by atoms with Gasteiger partial charge in [-0.3, -0.25) is 4.79 Å². The number of halogens is 3. The number of nitrogens with one attached hydrogen (secondary N) is 1. The SMILES string of the molecule is Cl.O=C(Cl)c1ccc(NCCCCCCCCCCCCCCCCBr)cc1. The standard InChI is InChI=1S/C23H37BrClNO.ClH/c24-19-13-11-9-7-5-3-1-2-4-6-8-10-12-14-20-26-22-17-15-21(16-18-22)23(25)27;/h15-18,26H,1-14,19-20H2;1H. The van der Waals surface area contributed by atoms with E-state index in [1.165, 1.54) is 89.9 Å². The lowest BCUT2D eigenvalue weighted by atomic mass is 10.0. The molecule has 28 heavy (non-hydrogen) atoms. The molecule has 0 aliphatic rings. The van der Waals surface area contributed by atoms with Crippen molar-refractivity contribution in [3.63, 3.8) is 0 Å². The fourth-order valence-electron chi connectivity index (χ4n) is 3.29. The normalized spacial score (nSPS) is 10.5. The van der Waals surface area contributed by atoms with E-state index in [1.54, 1.807) is 12.1 Å². The number of hydrogen-bond acceptors (Lipinski definition) is 2. The summed E-state index contributed by atoms with van der Waals surface area (Å²) in [5.41, 5.74) is 1.60. The van der Waals surface area contributed by atoms with Crippen molar-refractivity contribution in [3.8, 4) is 0 Å². The molecule has 0 aliphatic carbocycles. The van der Waals surface area contributed by atoms with Gasteiger partial charge in [-0.2, -0.15) is 0 Å². The molecule has 0 unspecified atom stereocenters. The minimum Gasteiger partial charge on any atom is -0.385 e. The first-order valence-corrected chi connectivity index (χ1v) is 12.3. The highest BCUT2D eigenvalue weighted by Crippen LogP contribution is 2.14. The van der Waals surface area contributed by atoms with Crippen molar-refractivity contribution in [1.82, 2.24) is 0 Å². The van der Waals surface area contributed by atoms with Gasteiger partial charge < -0.3 is 5.32 Å². The molecule has 1 aromatic carbocycles. The zero-order valence-electron chi connectivity index (χ0n) is 17.2. The van der Waals surface area contributed by atoms with Crippen LogP contribution in [0.15, 0.2) is 24.3 Å². The van der Waals surface area contributed by atoms with Gasteiger partial charge in [0.25, 0.3) is 5.24 Å². The van der Waals surface area contributed by atoms with Crippen LogP contribution in [0.3, 0.4) is 0 Å². The first-order valence-electron chi connectivity index (χ1n) is 10.8. The molecule has 0 radical (unpaired) electrons. The molecular weight excluding hydrogens is 457 g/mol. The van der Waals surface area contributed by atoms with Crippen LogP contribution in [0.25, 0.3) is 0 Å². The number of anilines is 1. The summed E-state index contributed by atoms with van der Waals surface area (Å²) in [6.45, 7) is 0.990. The van der Waals surface area contributed by atoms with Crippen molar-refractivity contribution in [2.45, 2.75) is 89.9 Å². The van der Waals surface area contributed by atoms with Gasteiger partial charge in [0, 0.05) is 23.1 Å². The quantitative estimate of drug-likeness (QED) is 0.125. The van der Waals surface area contributed by atoms with Crippen LogP contribution in [0, 0.1) is 0 Å². The molecule has 1 rings (SSSR count). The number of alkyl halides is 1. The number of rotatable bonds is 18. The Morgan fingerprint density at radius 1 is 0.714 bits per heavy atom. The van der Waals surface area contributed by atoms with Crippen molar-refractivity contribution < 1.29 is 4.79 Å². The summed E-state index contributed by atoms with van der Waals surface area (Å²) in [5, 5.41) is 4.16. The number of carbonyl (C=O) groups is 1. The zero-order chi connectivity index (χ0) is 19.6. The summed E-state index contributed by atoms with van der Waals surface area (Å²) in [7, 11) is 0. The molecule has 162 valence electrons. The van der Waals surface area contributed by atoms with E-state index in [9.17, 15) is 4.79 Å². The first kappa shape index (κ1) is 27.8. The van der Waals surface area contributed by atoms with E-state index in [2.05, 4.69) is 21.2 Å². The van der Waals surface area contributed by atoms with Crippen LogP contribution in [0.5, 0.6) is 0 Å². The average molecular weight is 495 g/mol. The molecular formula is C23H38BrCl2NO. The van der Waals surface area contributed by atoms with E-state index < -0.39 is 5.24 Å². The van der Waals surface area contributed by atoms with Gasteiger partial charge in [-0.25, -0.2) is 0 Å². The maximum Gasteiger partial charge on any atom is 0.252 e. The summed E-state index contributed by atoms with van der Waals surface area (Å²) in [6.07, 6.45) is 19.3. The maximum atomic E-state index is 11.0. The highest BCUT2D eigenvalue weighted by molar-refractivity contribution is 9.09. The van der Waals surface area contributed by atoms with Crippen molar-refractivity contribution >= 4 is 50.9 Å². The summed E-state index contributed by atoms with van der Waals surface area (Å²) < 4.78 is 0. The lowest BCUT2D eigenvalue weighted by Gasteiger charge is -2.07. The summed E-state index contributed by atoms with van der Waals surface area (Å²) in [6, 6.07) is 7.36. The van der Waals surface area contributed by atoms with Crippen molar-refractivity contribution in [2.75, 3.05) is 17.2 Å². The molecule has 0 aromatic heterocycles. The number of unbranched alkanes of at least 4 members (excludes halogenated alkanes) is 13. The van der Waals surface area contributed by atoms with Crippen LogP contribution in [0.1, 0.15) is 100 Å². The van der Waals surface area contributed by atoms with Crippen LogP contribution < -0.4 is 5.32 Å². The Morgan fingerprint density at radius 2 is 1.11 bits per heavy atom. The molecule has 0 amide bonds. The van der Waals surface area contributed by atoms with Crippen molar-refractivity contribution in [3.05, 3.63) is 29.8 Å². The Kier molecular flexibility index (Phi) is 19.9. The summed E-state index contributed by atoms with van der Waals surface area (Å²) in [5.74, 6) is 0. The van der Waals surface area contributed by atoms with Gasteiger partial charge in [0.15, 0.2) is 0 Å². The second-order valence-corrected chi connectivity index (χ2v) is 8.55. The molecule has 0 bridgehead atoms. The molecule has 2 nitrogen and oxygen atoms in total. The van der Waals surface area contributed by atoms with Gasteiger partial charge in [0.1, 0.15) is 0 Å². The Hall–Kier alpha value is -0.250. The van der Waals surface area contributed by atoms with Crippen molar-refractivity contribution in [1.29, 1.82) is 0 Å². The number of hydrogen-bond donors (Lipinski definition) is 1. The molecule has 0 heterocycles. The first-order chi connectivity index (χ1) is 13.2. The Labute approximate surface area is 192 Å². The molecule has 1 N–H and O–H groups in total. The van der Waals surface area contributed by atoms with Crippen LogP contribution in [-0.4, -0.2) is 17.1 Å². The van der Waals surface area contributed by atoms with Gasteiger partial charge in [0.05, 0.1) is 0 Å². The molecule has 0 saturated carbocycles. The molecule has 0 atom stereocenters. The van der Waals surface area contributed by atoms with E-state index in [0.29, 0.717) is 5.56 Å². The fourth-order valence-corrected chi connectivity index (χ4v) is 3.82. The van der Waals surface area contributed by atoms with E-state index >= 15 is 0 Å². The Bertz CT molecular complexity index is 482. The Morgan fingerprint density at radius 3 is 1.50 bits per heavy atom. The maximum absolute atomic E-state index is 11.0. The van der Waals surface area contributed by atoms with E-state index in [4.69, 9.17) is 11.6 Å². The highest BCUT2D eigenvalue weighted by Gasteiger charge is 2.00. The molecule has 0 aliphatic heterocycles. The van der Waals surface area contributed by atoms with Crippen molar-refractivity contribution in [2.24, 2.45) is 0 Å². The summed E-state index contributed by atoms with van der Waals surface area (Å²) in [4.78, 5) is 11.0. The monoisotopic (exact) mass is 493 g/mol. The highest BCUT2D eigenvalue weighted by atomic mass is 79.9. The topological polar surface area (TPSA) is 29.1 Å². The van der Waals surface area contributed by atoms with Gasteiger partial charge in [0.2, 0.25) is 0 Å². The van der Waals surface area contributed by atoms with Crippen LogP contribution in [0.2, 0.25) is 0 Å². The number of benzene rings is 1. The lowest BCUT2D eigenvalue weighted by Crippen LogP contribution is -2.01. The average Bonchev–Trinajstić information content (AvgIpc) is 2.68. The second kappa shape index (κ2) is 20.0. The molecule has 1 aromatic rings. The van der Waals surface area contributed by atoms with Gasteiger partial charge in [-0.1, -0.05) is 93.0 Å². The predicted octanol–water partition coefficient (Wildman–Crippen LogP) is 8.76. The lowest BCUT2D eigenvalue weighted by molar-refractivity contribution is 0.108. The largest absolute Gasteiger partial charge is 0.385 e. The number of carbonyl (C=O) groups excluding carboxylic acids is 1. The minimum absolute atomic E-state index is 0. The van der Waals surface area contributed by atoms with E-state index in [1.807, 2.05) is 12.1 Å². The van der Waals surface area contributed by atoms with Crippen LogP contribution >= 0.6 is 39.9 Å². The predicted molar refractivity (Wildman–Crippen MR) is 131 cm³/mol. The third-order valence-electron chi connectivity index (χ3n) is 5.00. The zero-order valence-corrected chi connectivity index (χ0v) is 20.4. The van der Waals surface area contributed by atoms with E-state index in [-0.39, 0.29) is 12.4 Å².